The van der Waals surface area contributed by atoms with E-state index in [0.717, 1.165) is 32.6 Å². The van der Waals surface area contributed by atoms with Crippen molar-refractivity contribution in [2.24, 2.45) is 5.73 Å². The molecule has 0 unspecified atom stereocenters. The first-order chi connectivity index (χ1) is 12.2. The minimum atomic E-state index is 0.607. The lowest BCUT2D eigenvalue weighted by atomic mass is 10.1. The zero-order valence-electron chi connectivity index (χ0n) is 16.4. The summed E-state index contributed by atoms with van der Waals surface area (Å²) in [4.78, 5) is 4.77. The summed E-state index contributed by atoms with van der Waals surface area (Å²) >= 11 is 0. The molecule has 0 aliphatic rings. The van der Waals surface area contributed by atoms with Crippen LogP contribution in [0.15, 0.2) is 54.6 Å². The first kappa shape index (κ1) is 21.4. The molecule has 0 atom stereocenters. The van der Waals surface area contributed by atoms with Crippen LogP contribution in [0, 0.1) is 0 Å². The van der Waals surface area contributed by atoms with E-state index < -0.39 is 0 Å². The molecule has 2 N–H and O–H groups in total. The van der Waals surface area contributed by atoms with Crippen LogP contribution in [0.2, 0.25) is 0 Å². The van der Waals surface area contributed by atoms with Crippen LogP contribution in [0.4, 0.5) is 0 Å². The maximum Gasteiger partial charge on any atom is 0.0234 e. The van der Waals surface area contributed by atoms with Gasteiger partial charge in [-0.3, -0.25) is 4.90 Å². The SMILES string of the molecule is CC.CN(C)CCN(CCc1ccccc1)Cc1cccc(CN)c1. The maximum absolute atomic E-state index is 5.76. The Kier molecular flexibility index (Phi) is 10.8. The molecule has 3 nitrogen and oxygen atoms in total. The number of hydrogen-bond donors (Lipinski definition) is 1. The van der Waals surface area contributed by atoms with E-state index in [-0.39, 0.29) is 0 Å². The zero-order valence-corrected chi connectivity index (χ0v) is 16.4. The van der Waals surface area contributed by atoms with E-state index in [2.05, 4.69) is 78.5 Å². The number of nitrogens with two attached hydrogens (primary N) is 1. The predicted octanol–water partition coefficient (Wildman–Crippen LogP) is 3.78. The molecule has 0 heterocycles. The van der Waals surface area contributed by atoms with Crippen molar-refractivity contribution >= 4 is 0 Å². The van der Waals surface area contributed by atoms with Gasteiger partial charge in [-0.15, -0.1) is 0 Å². The highest BCUT2D eigenvalue weighted by Gasteiger charge is 2.07. The van der Waals surface area contributed by atoms with Gasteiger partial charge in [0.1, 0.15) is 0 Å². The van der Waals surface area contributed by atoms with Crippen molar-refractivity contribution in [2.75, 3.05) is 33.7 Å². The Morgan fingerprint density at radius 1 is 0.760 bits per heavy atom. The van der Waals surface area contributed by atoms with Crippen LogP contribution in [0.3, 0.4) is 0 Å². The highest BCUT2D eigenvalue weighted by atomic mass is 15.2. The third-order valence-corrected chi connectivity index (χ3v) is 4.06. The topological polar surface area (TPSA) is 32.5 Å². The van der Waals surface area contributed by atoms with Crippen LogP contribution in [0.1, 0.15) is 30.5 Å². The summed E-state index contributed by atoms with van der Waals surface area (Å²) in [5.74, 6) is 0. The number of nitrogens with zero attached hydrogens (tertiary/aromatic N) is 2. The summed E-state index contributed by atoms with van der Waals surface area (Å²) in [5, 5.41) is 0. The molecule has 3 heteroatoms. The van der Waals surface area contributed by atoms with E-state index in [0.29, 0.717) is 6.54 Å². The molecule has 0 spiro atoms. The van der Waals surface area contributed by atoms with Gasteiger partial charge in [-0.25, -0.2) is 0 Å². The molecule has 0 fully saturated rings. The van der Waals surface area contributed by atoms with Crippen molar-refractivity contribution in [1.82, 2.24) is 9.80 Å². The van der Waals surface area contributed by atoms with Crippen molar-refractivity contribution in [3.05, 3.63) is 71.3 Å². The molecular formula is C22H35N3. The quantitative estimate of drug-likeness (QED) is 0.753. The van der Waals surface area contributed by atoms with Gasteiger partial charge < -0.3 is 10.6 Å². The second-order valence-electron chi connectivity index (χ2n) is 6.34. The fourth-order valence-corrected chi connectivity index (χ4v) is 2.66. The Hall–Kier alpha value is -1.68. The average Bonchev–Trinajstić information content (AvgIpc) is 2.66. The Balaban J connectivity index is 0.00000151. The van der Waals surface area contributed by atoms with Gasteiger partial charge in [0.15, 0.2) is 0 Å². The van der Waals surface area contributed by atoms with Crippen molar-refractivity contribution in [3.8, 4) is 0 Å². The molecule has 25 heavy (non-hydrogen) atoms. The minimum Gasteiger partial charge on any atom is -0.326 e. The van der Waals surface area contributed by atoms with Crippen molar-refractivity contribution in [3.63, 3.8) is 0 Å². The normalized spacial score (nSPS) is 10.7. The van der Waals surface area contributed by atoms with Gasteiger partial charge >= 0.3 is 0 Å². The van der Waals surface area contributed by atoms with Gasteiger partial charge in [0.2, 0.25) is 0 Å². The van der Waals surface area contributed by atoms with Crippen molar-refractivity contribution in [1.29, 1.82) is 0 Å². The lowest BCUT2D eigenvalue weighted by molar-refractivity contribution is 0.236. The van der Waals surface area contributed by atoms with Crippen LogP contribution < -0.4 is 5.73 Å². The molecule has 0 saturated carbocycles. The lowest BCUT2D eigenvalue weighted by Gasteiger charge is -2.24. The molecule has 0 bridgehead atoms. The highest BCUT2D eigenvalue weighted by molar-refractivity contribution is 5.23. The second-order valence-corrected chi connectivity index (χ2v) is 6.34. The molecule has 0 aliphatic heterocycles. The predicted molar refractivity (Wildman–Crippen MR) is 110 cm³/mol. The van der Waals surface area contributed by atoms with Gasteiger partial charge in [-0.05, 0) is 37.2 Å². The van der Waals surface area contributed by atoms with Gasteiger partial charge in [0.05, 0.1) is 0 Å². The van der Waals surface area contributed by atoms with E-state index in [4.69, 9.17) is 5.73 Å². The second kappa shape index (κ2) is 12.6. The fraction of sp³-hybridized carbons (Fsp3) is 0.455. The van der Waals surface area contributed by atoms with Crippen LogP contribution in [0.5, 0.6) is 0 Å². The molecule has 2 rings (SSSR count). The third-order valence-electron chi connectivity index (χ3n) is 4.06. The maximum atomic E-state index is 5.76. The Bertz CT molecular complexity index is 566. The minimum absolute atomic E-state index is 0.607. The summed E-state index contributed by atoms with van der Waals surface area (Å²) in [6.07, 6.45) is 1.09. The summed E-state index contributed by atoms with van der Waals surface area (Å²) in [6.45, 7) is 8.81. The standard InChI is InChI=1S/C20H29N3.C2H6/c1-22(2)13-14-23(12-11-18-7-4-3-5-8-18)17-20-10-6-9-19(15-20)16-21;1-2/h3-10,15H,11-14,16-17,21H2,1-2H3;1-2H3. The molecule has 0 aliphatic carbocycles. The monoisotopic (exact) mass is 341 g/mol. The lowest BCUT2D eigenvalue weighted by Crippen LogP contribution is -2.33. The fourth-order valence-electron chi connectivity index (χ4n) is 2.66. The number of likely N-dealkylation sites (N-methyl/N-ethyl adjacent to an activating group) is 1. The van der Waals surface area contributed by atoms with Gasteiger partial charge in [-0.2, -0.15) is 0 Å². The molecule has 0 radical (unpaired) electrons. The van der Waals surface area contributed by atoms with E-state index in [1.165, 1.54) is 16.7 Å². The third kappa shape index (κ3) is 8.82. The van der Waals surface area contributed by atoms with Gasteiger partial charge in [0.25, 0.3) is 0 Å². The van der Waals surface area contributed by atoms with Crippen molar-refractivity contribution in [2.45, 2.75) is 33.4 Å². The zero-order chi connectivity index (χ0) is 18.5. The summed E-state index contributed by atoms with van der Waals surface area (Å²) < 4.78 is 0. The Morgan fingerprint density at radius 3 is 2.04 bits per heavy atom. The van der Waals surface area contributed by atoms with E-state index in [1.807, 2.05) is 13.8 Å². The number of hydrogen-bond acceptors (Lipinski definition) is 3. The first-order valence-electron chi connectivity index (χ1n) is 9.36. The van der Waals surface area contributed by atoms with E-state index in [1.54, 1.807) is 0 Å². The number of rotatable bonds is 9. The van der Waals surface area contributed by atoms with Crippen LogP contribution >= 0.6 is 0 Å². The average molecular weight is 342 g/mol. The van der Waals surface area contributed by atoms with Crippen LogP contribution in [0.25, 0.3) is 0 Å². The number of benzene rings is 2. The summed E-state index contributed by atoms with van der Waals surface area (Å²) in [6, 6.07) is 19.4. The van der Waals surface area contributed by atoms with Crippen LogP contribution in [-0.4, -0.2) is 43.5 Å². The molecule has 0 saturated heterocycles. The molecule has 2 aromatic carbocycles. The molecule has 2 aromatic rings. The van der Waals surface area contributed by atoms with E-state index in [9.17, 15) is 0 Å². The Morgan fingerprint density at radius 2 is 1.40 bits per heavy atom. The largest absolute Gasteiger partial charge is 0.326 e. The van der Waals surface area contributed by atoms with Gasteiger partial charge in [-0.1, -0.05) is 68.4 Å². The van der Waals surface area contributed by atoms with Crippen molar-refractivity contribution < 1.29 is 0 Å². The van der Waals surface area contributed by atoms with Gasteiger partial charge in [0, 0.05) is 32.7 Å². The molecule has 0 aromatic heterocycles. The highest BCUT2D eigenvalue weighted by Crippen LogP contribution is 2.10. The summed E-state index contributed by atoms with van der Waals surface area (Å²) in [5.41, 5.74) is 9.72. The molecule has 138 valence electrons. The smallest absolute Gasteiger partial charge is 0.0234 e. The Labute approximate surface area is 154 Å². The van der Waals surface area contributed by atoms with Crippen LogP contribution in [-0.2, 0) is 19.5 Å². The molecular weight excluding hydrogens is 306 g/mol. The summed E-state index contributed by atoms with van der Waals surface area (Å²) in [7, 11) is 4.26. The molecule has 0 amide bonds. The first-order valence-corrected chi connectivity index (χ1v) is 9.36. The van der Waals surface area contributed by atoms with E-state index >= 15 is 0 Å².